The summed E-state index contributed by atoms with van der Waals surface area (Å²) in [5, 5.41) is 11.9. The van der Waals surface area contributed by atoms with Gasteiger partial charge in [-0.3, -0.25) is 0 Å². The van der Waals surface area contributed by atoms with Crippen molar-refractivity contribution < 1.29 is 9.94 Å². The van der Waals surface area contributed by atoms with Crippen LogP contribution < -0.4 is 4.74 Å². The average molecular weight is 337 g/mol. The highest BCUT2D eigenvalue weighted by Crippen LogP contribution is 2.38. The molecule has 0 amide bonds. The Morgan fingerprint density at radius 3 is 2.12 bits per heavy atom. The normalized spacial score (nSPS) is 10.5. The van der Waals surface area contributed by atoms with Crippen molar-refractivity contribution in [3.8, 4) is 16.9 Å². The van der Waals surface area contributed by atoms with Crippen LogP contribution in [0.25, 0.3) is 21.9 Å². The van der Waals surface area contributed by atoms with E-state index in [9.17, 15) is 0 Å². The maximum absolute atomic E-state index is 8.19. The molecule has 1 N–H and O–H groups in total. The number of aryl methyl sites for hydroxylation is 1. The molecule has 3 rings (SSSR count). The van der Waals surface area contributed by atoms with Crippen molar-refractivity contribution in [3.05, 3.63) is 66.2 Å². The van der Waals surface area contributed by atoms with Crippen molar-refractivity contribution >= 4 is 10.8 Å². The molecule has 3 nitrogen and oxygen atoms in total. The van der Waals surface area contributed by atoms with Gasteiger partial charge in [0.05, 0.1) is 7.11 Å². The van der Waals surface area contributed by atoms with Crippen molar-refractivity contribution in [1.29, 1.82) is 0 Å². The second-order valence-corrected chi connectivity index (χ2v) is 5.85. The van der Waals surface area contributed by atoms with E-state index in [0.717, 1.165) is 17.2 Å². The molecule has 0 saturated heterocycles. The summed E-state index contributed by atoms with van der Waals surface area (Å²) in [7, 11) is 3.36. The number of rotatable bonds is 4. The molecule has 25 heavy (non-hydrogen) atoms. The smallest absolute Gasteiger partial charge is 0.127 e. The molecule has 132 valence electrons. The maximum Gasteiger partial charge on any atom is 0.127 e. The molecule has 3 aromatic rings. The molecular weight excluding hydrogens is 310 g/mol. The second kappa shape index (κ2) is 9.21. The molecular formula is C22H27NO2. The average Bonchev–Trinajstić information content (AvgIpc) is 2.67. The van der Waals surface area contributed by atoms with Crippen LogP contribution in [0.4, 0.5) is 0 Å². The third-order valence-electron chi connectivity index (χ3n) is 4.21. The topological polar surface area (TPSA) is 32.7 Å². The molecule has 0 fully saturated rings. The van der Waals surface area contributed by atoms with Gasteiger partial charge in [-0.15, -0.1) is 0 Å². The zero-order chi connectivity index (χ0) is 18.2. The Kier molecular flexibility index (Phi) is 6.99. The minimum atomic E-state index is 0.694. The number of hydroxylamine groups is 2. The van der Waals surface area contributed by atoms with Gasteiger partial charge in [-0.1, -0.05) is 68.4 Å². The van der Waals surface area contributed by atoms with Gasteiger partial charge in [0.15, 0.2) is 0 Å². The fourth-order valence-electron chi connectivity index (χ4n) is 2.84. The lowest BCUT2D eigenvalue weighted by atomic mass is 9.92. The predicted molar refractivity (Wildman–Crippen MR) is 105 cm³/mol. The highest BCUT2D eigenvalue weighted by molar-refractivity contribution is 5.95. The van der Waals surface area contributed by atoms with Gasteiger partial charge in [0, 0.05) is 19.2 Å². The van der Waals surface area contributed by atoms with E-state index in [2.05, 4.69) is 61.5 Å². The summed E-state index contributed by atoms with van der Waals surface area (Å²) < 4.78 is 5.65. The van der Waals surface area contributed by atoms with E-state index < -0.39 is 0 Å². The second-order valence-electron chi connectivity index (χ2n) is 5.85. The van der Waals surface area contributed by atoms with E-state index in [4.69, 9.17) is 9.94 Å². The molecule has 0 radical (unpaired) electrons. The van der Waals surface area contributed by atoms with Crippen LogP contribution in [-0.2, 0) is 6.42 Å². The highest BCUT2D eigenvalue weighted by Gasteiger charge is 2.14. The molecule has 0 aliphatic rings. The van der Waals surface area contributed by atoms with E-state index in [1.807, 2.05) is 13.0 Å². The molecule has 0 unspecified atom stereocenters. The van der Waals surface area contributed by atoms with Crippen LogP contribution in [0.3, 0.4) is 0 Å². The summed E-state index contributed by atoms with van der Waals surface area (Å²) in [6.45, 7) is 4.77. The first-order valence-corrected chi connectivity index (χ1v) is 8.66. The lowest BCUT2D eigenvalue weighted by Gasteiger charge is -2.16. The Labute approximate surface area is 150 Å². The summed E-state index contributed by atoms with van der Waals surface area (Å²) in [6, 6.07) is 21.1. The van der Waals surface area contributed by atoms with Crippen LogP contribution >= 0.6 is 0 Å². The summed E-state index contributed by atoms with van der Waals surface area (Å²) in [4.78, 5) is 0. The zero-order valence-corrected chi connectivity index (χ0v) is 15.5. The van der Waals surface area contributed by atoms with Crippen LogP contribution in [0, 0.1) is 0 Å². The fraction of sp³-hybridized carbons (Fsp3) is 0.273. The zero-order valence-electron chi connectivity index (χ0n) is 15.5. The molecule has 0 atom stereocenters. The first kappa shape index (κ1) is 19.0. The Morgan fingerprint density at radius 1 is 0.960 bits per heavy atom. The van der Waals surface area contributed by atoms with Crippen molar-refractivity contribution in [2.24, 2.45) is 0 Å². The fourth-order valence-corrected chi connectivity index (χ4v) is 2.84. The van der Waals surface area contributed by atoms with Gasteiger partial charge in [0.25, 0.3) is 0 Å². The van der Waals surface area contributed by atoms with Crippen molar-refractivity contribution in [3.63, 3.8) is 0 Å². The van der Waals surface area contributed by atoms with Gasteiger partial charge < -0.3 is 9.94 Å². The molecule has 0 spiro atoms. The molecule has 0 heterocycles. The van der Waals surface area contributed by atoms with Crippen LogP contribution in [0.5, 0.6) is 5.75 Å². The van der Waals surface area contributed by atoms with Crippen LogP contribution in [0.2, 0.25) is 0 Å². The van der Waals surface area contributed by atoms with Crippen molar-refractivity contribution in [2.75, 3.05) is 20.7 Å². The first-order chi connectivity index (χ1) is 12.1. The van der Waals surface area contributed by atoms with E-state index in [-0.39, 0.29) is 0 Å². The molecule has 0 saturated carbocycles. The van der Waals surface area contributed by atoms with Gasteiger partial charge >= 0.3 is 0 Å². The number of methoxy groups -OCH3 is 1. The number of ether oxygens (including phenoxy) is 1. The molecule has 3 aromatic carbocycles. The summed E-state index contributed by atoms with van der Waals surface area (Å²) in [5.74, 6) is 0.951. The Balaban J connectivity index is 0.000000399. The van der Waals surface area contributed by atoms with E-state index in [0.29, 0.717) is 6.54 Å². The molecule has 3 heteroatoms. The van der Waals surface area contributed by atoms with Crippen molar-refractivity contribution in [1.82, 2.24) is 5.06 Å². The SMILES string of the molecule is CCN(C)O.CCc1c(-c2ccccc2)c(OC)cc2ccccc12. The number of benzene rings is 3. The highest BCUT2D eigenvalue weighted by atomic mass is 16.5. The van der Waals surface area contributed by atoms with Gasteiger partial charge in [-0.05, 0) is 34.4 Å². The number of fused-ring (bicyclic) bond motifs is 1. The lowest BCUT2D eigenvalue weighted by molar-refractivity contribution is -0.0596. The van der Waals surface area contributed by atoms with Gasteiger partial charge in [-0.25, -0.2) is 0 Å². The standard InChI is InChI=1S/C19H18O.C3H9NO/c1-3-16-17-12-8-7-11-15(17)13-18(20-2)19(16)14-9-5-4-6-10-14;1-3-4(2)5/h4-13H,3H2,1-2H3;5H,3H2,1-2H3. The largest absolute Gasteiger partial charge is 0.496 e. The van der Waals surface area contributed by atoms with Crippen LogP contribution in [-0.4, -0.2) is 31.0 Å². The molecule has 0 aliphatic carbocycles. The Hall–Kier alpha value is -2.36. The van der Waals surface area contributed by atoms with Gasteiger partial charge in [-0.2, -0.15) is 5.06 Å². The monoisotopic (exact) mass is 337 g/mol. The van der Waals surface area contributed by atoms with Gasteiger partial charge in [0.1, 0.15) is 5.75 Å². The Bertz CT molecular complexity index is 798. The number of hydrogen-bond donors (Lipinski definition) is 1. The molecule has 0 aliphatic heterocycles. The van der Waals surface area contributed by atoms with E-state index in [1.165, 1.54) is 27.5 Å². The lowest BCUT2D eigenvalue weighted by Crippen LogP contribution is -2.09. The minimum absolute atomic E-state index is 0.694. The summed E-state index contributed by atoms with van der Waals surface area (Å²) >= 11 is 0. The van der Waals surface area contributed by atoms with E-state index in [1.54, 1.807) is 14.2 Å². The van der Waals surface area contributed by atoms with Gasteiger partial charge in [0.2, 0.25) is 0 Å². The first-order valence-electron chi connectivity index (χ1n) is 8.66. The maximum atomic E-state index is 8.19. The molecule has 0 bridgehead atoms. The quantitative estimate of drug-likeness (QED) is 0.647. The summed E-state index contributed by atoms with van der Waals surface area (Å²) in [6.07, 6.45) is 0.988. The van der Waals surface area contributed by atoms with E-state index >= 15 is 0 Å². The number of hydrogen-bond acceptors (Lipinski definition) is 3. The summed E-state index contributed by atoms with van der Waals surface area (Å²) in [5.41, 5.74) is 3.78. The third-order valence-corrected chi connectivity index (χ3v) is 4.21. The predicted octanol–water partition coefficient (Wildman–Crippen LogP) is 5.41. The third kappa shape index (κ3) is 4.59. The van der Waals surface area contributed by atoms with Crippen LogP contribution in [0.1, 0.15) is 19.4 Å². The minimum Gasteiger partial charge on any atom is -0.496 e. The molecule has 0 aromatic heterocycles. The Morgan fingerprint density at radius 2 is 1.56 bits per heavy atom. The van der Waals surface area contributed by atoms with Crippen LogP contribution in [0.15, 0.2) is 60.7 Å². The number of nitrogens with zero attached hydrogens (tertiary/aromatic N) is 1. The van der Waals surface area contributed by atoms with Crippen molar-refractivity contribution in [2.45, 2.75) is 20.3 Å².